The normalized spacial score (nSPS) is 13.1. The molecule has 0 aromatic heterocycles. The van der Waals surface area contributed by atoms with Crippen LogP contribution in [0.15, 0.2) is 0 Å². The van der Waals surface area contributed by atoms with Crippen LogP contribution in [0.4, 0.5) is 17.6 Å². The topological polar surface area (TPSA) is 49.3 Å². The van der Waals surface area contributed by atoms with E-state index in [0.717, 1.165) is 0 Å². The van der Waals surface area contributed by atoms with Crippen molar-refractivity contribution < 1.29 is 27.5 Å². The predicted octanol–water partition coefficient (Wildman–Crippen LogP) is 0.774. The van der Waals surface area contributed by atoms with Crippen molar-refractivity contribution in [2.24, 2.45) is 0 Å². The van der Waals surface area contributed by atoms with Gasteiger partial charge < -0.3 is 10.4 Å². The van der Waals surface area contributed by atoms with Crippen LogP contribution >= 0.6 is 0 Å². The molecule has 14 heavy (non-hydrogen) atoms. The summed E-state index contributed by atoms with van der Waals surface area (Å²) in [6.07, 6.45) is -4.06. The Bertz CT molecular complexity index is 218. The molecule has 0 rings (SSSR count). The number of carbonyl (C=O) groups excluding carboxylic acids is 1. The van der Waals surface area contributed by atoms with Gasteiger partial charge in [0.2, 0.25) is 0 Å². The van der Waals surface area contributed by atoms with Crippen LogP contribution < -0.4 is 5.32 Å². The zero-order valence-electron chi connectivity index (χ0n) is 7.65. The number of rotatable bonds is 4. The largest absolute Gasteiger partial charge is 0.394 e. The summed E-state index contributed by atoms with van der Waals surface area (Å²) in [5.41, 5.74) is -1.35. The van der Waals surface area contributed by atoms with Gasteiger partial charge in [-0.05, 0) is 13.8 Å². The van der Waals surface area contributed by atoms with Gasteiger partial charge in [-0.1, -0.05) is 0 Å². The Morgan fingerprint density at radius 3 is 2.14 bits per heavy atom. The van der Waals surface area contributed by atoms with Crippen LogP contribution in [0.1, 0.15) is 13.8 Å². The van der Waals surface area contributed by atoms with Crippen molar-refractivity contribution in [2.75, 3.05) is 6.61 Å². The molecule has 0 spiro atoms. The standard InChI is InChI=1S/C7H11F4NO2/c1-6(2,3-13)12-5(14)7(10,11)4(8)9/h4,13H,3H2,1-2H3,(H,12,14). The highest BCUT2D eigenvalue weighted by Gasteiger charge is 2.50. The average molecular weight is 217 g/mol. The summed E-state index contributed by atoms with van der Waals surface area (Å²) in [6.45, 7) is 1.83. The molecule has 1 amide bonds. The highest BCUT2D eigenvalue weighted by atomic mass is 19.3. The van der Waals surface area contributed by atoms with E-state index >= 15 is 0 Å². The zero-order valence-corrected chi connectivity index (χ0v) is 7.65. The first-order valence-electron chi connectivity index (χ1n) is 3.73. The van der Waals surface area contributed by atoms with Crippen molar-refractivity contribution in [1.82, 2.24) is 5.32 Å². The van der Waals surface area contributed by atoms with Gasteiger partial charge in [0, 0.05) is 0 Å². The molecule has 0 aromatic carbocycles. The fraction of sp³-hybridized carbons (Fsp3) is 0.857. The van der Waals surface area contributed by atoms with Gasteiger partial charge in [0.1, 0.15) is 0 Å². The third kappa shape index (κ3) is 3.13. The van der Waals surface area contributed by atoms with Gasteiger partial charge in [-0.15, -0.1) is 0 Å². The summed E-state index contributed by atoms with van der Waals surface area (Å²) in [5.74, 6) is -6.82. The zero-order chi connectivity index (χ0) is 11.6. The Balaban J connectivity index is 4.50. The van der Waals surface area contributed by atoms with Gasteiger partial charge in [-0.3, -0.25) is 4.79 Å². The summed E-state index contributed by atoms with van der Waals surface area (Å²) < 4.78 is 48.1. The summed E-state index contributed by atoms with van der Waals surface area (Å²) in [7, 11) is 0. The van der Waals surface area contributed by atoms with Gasteiger partial charge in [-0.2, -0.15) is 8.78 Å². The molecule has 84 valence electrons. The predicted molar refractivity (Wildman–Crippen MR) is 40.3 cm³/mol. The van der Waals surface area contributed by atoms with Crippen molar-refractivity contribution >= 4 is 5.91 Å². The summed E-state index contributed by atoms with van der Waals surface area (Å²) >= 11 is 0. The molecule has 0 aromatic rings. The van der Waals surface area contributed by atoms with E-state index in [1.165, 1.54) is 13.8 Å². The first-order valence-corrected chi connectivity index (χ1v) is 3.73. The first-order chi connectivity index (χ1) is 6.13. The monoisotopic (exact) mass is 217 g/mol. The Labute approximate surface area is 78.1 Å². The van der Waals surface area contributed by atoms with Crippen molar-refractivity contribution in [1.29, 1.82) is 0 Å². The Hall–Kier alpha value is -0.850. The lowest BCUT2D eigenvalue weighted by Gasteiger charge is -2.26. The quantitative estimate of drug-likeness (QED) is 0.683. The second-order valence-electron chi connectivity index (χ2n) is 3.42. The van der Waals surface area contributed by atoms with Gasteiger partial charge >= 0.3 is 12.3 Å². The first kappa shape index (κ1) is 13.2. The fourth-order valence-corrected chi connectivity index (χ4v) is 0.529. The summed E-state index contributed by atoms with van der Waals surface area (Å²) in [6, 6.07) is 0. The van der Waals surface area contributed by atoms with E-state index in [1.54, 1.807) is 5.32 Å². The van der Waals surface area contributed by atoms with Crippen LogP contribution in [0.5, 0.6) is 0 Å². The minimum atomic E-state index is -4.73. The fourth-order valence-electron chi connectivity index (χ4n) is 0.529. The molecule has 2 N–H and O–H groups in total. The SMILES string of the molecule is CC(C)(CO)NC(=O)C(F)(F)C(F)F. The summed E-state index contributed by atoms with van der Waals surface area (Å²) in [4.78, 5) is 10.6. The summed E-state index contributed by atoms with van der Waals surface area (Å²) in [5, 5.41) is 10.2. The molecular weight excluding hydrogens is 206 g/mol. The van der Waals surface area contributed by atoms with E-state index < -0.39 is 30.4 Å². The number of alkyl halides is 4. The Morgan fingerprint density at radius 2 is 1.86 bits per heavy atom. The van der Waals surface area contributed by atoms with Crippen molar-refractivity contribution in [2.45, 2.75) is 31.7 Å². The molecule has 0 aliphatic rings. The van der Waals surface area contributed by atoms with Crippen molar-refractivity contribution in [3.63, 3.8) is 0 Å². The van der Waals surface area contributed by atoms with E-state index in [1.807, 2.05) is 0 Å². The molecule has 0 heterocycles. The van der Waals surface area contributed by atoms with E-state index in [0.29, 0.717) is 0 Å². The van der Waals surface area contributed by atoms with E-state index in [9.17, 15) is 22.4 Å². The Kier molecular flexibility index (Phi) is 3.87. The lowest BCUT2D eigenvalue weighted by Crippen LogP contribution is -2.54. The average Bonchev–Trinajstić information content (AvgIpc) is 2.03. The number of amides is 1. The van der Waals surface area contributed by atoms with Crippen LogP contribution in [0, 0.1) is 0 Å². The van der Waals surface area contributed by atoms with Crippen LogP contribution in [-0.2, 0) is 4.79 Å². The maximum Gasteiger partial charge on any atom is 0.383 e. The smallest absolute Gasteiger partial charge is 0.383 e. The van der Waals surface area contributed by atoms with E-state index in [2.05, 4.69) is 0 Å². The van der Waals surface area contributed by atoms with Gasteiger partial charge in [0.15, 0.2) is 0 Å². The van der Waals surface area contributed by atoms with Crippen molar-refractivity contribution in [3.05, 3.63) is 0 Å². The van der Waals surface area contributed by atoms with E-state index in [4.69, 9.17) is 5.11 Å². The molecule has 0 saturated heterocycles. The van der Waals surface area contributed by atoms with Crippen LogP contribution in [0.2, 0.25) is 0 Å². The molecule has 0 saturated carbocycles. The number of carbonyl (C=O) groups is 1. The number of nitrogens with one attached hydrogen (secondary N) is 1. The highest BCUT2D eigenvalue weighted by molar-refractivity contribution is 5.84. The van der Waals surface area contributed by atoms with Gasteiger partial charge in [0.25, 0.3) is 5.91 Å². The second-order valence-corrected chi connectivity index (χ2v) is 3.42. The van der Waals surface area contributed by atoms with Crippen LogP contribution in [-0.4, -0.2) is 35.5 Å². The molecule has 0 unspecified atom stereocenters. The molecule has 3 nitrogen and oxygen atoms in total. The van der Waals surface area contributed by atoms with Gasteiger partial charge in [0.05, 0.1) is 12.1 Å². The van der Waals surface area contributed by atoms with Crippen LogP contribution in [0.25, 0.3) is 0 Å². The molecule has 7 heteroatoms. The Morgan fingerprint density at radius 1 is 1.43 bits per heavy atom. The molecule has 0 aliphatic carbocycles. The van der Waals surface area contributed by atoms with Gasteiger partial charge in [-0.25, -0.2) is 8.78 Å². The minimum absolute atomic E-state index is 0.627. The molecule has 0 bridgehead atoms. The molecule has 0 aliphatic heterocycles. The number of aliphatic hydroxyl groups excluding tert-OH is 1. The third-order valence-corrected chi connectivity index (χ3v) is 1.42. The molecule has 0 fully saturated rings. The number of halogens is 4. The third-order valence-electron chi connectivity index (χ3n) is 1.42. The molecule has 0 radical (unpaired) electrons. The molecule has 0 atom stereocenters. The van der Waals surface area contributed by atoms with E-state index in [-0.39, 0.29) is 0 Å². The minimum Gasteiger partial charge on any atom is -0.394 e. The molecular formula is C7H11F4NO2. The maximum atomic E-state index is 12.4. The lowest BCUT2D eigenvalue weighted by molar-refractivity contribution is -0.171. The number of aliphatic hydroxyl groups is 1. The van der Waals surface area contributed by atoms with Crippen LogP contribution in [0.3, 0.4) is 0 Å². The maximum absolute atomic E-state index is 12.4. The lowest BCUT2D eigenvalue weighted by atomic mass is 10.1. The number of hydrogen-bond acceptors (Lipinski definition) is 2. The second kappa shape index (κ2) is 4.12. The van der Waals surface area contributed by atoms with Crippen molar-refractivity contribution in [3.8, 4) is 0 Å². The number of hydrogen-bond donors (Lipinski definition) is 2. The highest BCUT2D eigenvalue weighted by Crippen LogP contribution is 2.23.